The fraction of sp³-hybridized carbons (Fsp3) is 0.231. The molecule has 0 heterocycles. The third-order valence-electron chi connectivity index (χ3n) is 1.90. The molecule has 1 aromatic carbocycles. The SMILES string of the molecule is CCOC(=O)C/C=C/C(=O)Nc1ccccc1. The molecule has 0 aliphatic rings. The van der Waals surface area contributed by atoms with Crippen LogP contribution < -0.4 is 5.32 Å². The van der Waals surface area contributed by atoms with Gasteiger partial charge in [-0.2, -0.15) is 0 Å². The van der Waals surface area contributed by atoms with Crippen molar-refractivity contribution in [3.8, 4) is 0 Å². The Kier molecular flexibility index (Phi) is 5.51. The zero-order chi connectivity index (χ0) is 12.5. The summed E-state index contributed by atoms with van der Waals surface area (Å²) in [7, 11) is 0. The Bertz CT molecular complexity index is 398. The van der Waals surface area contributed by atoms with E-state index in [4.69, 9.17) is 4.74 Å². The largest absolute Gasteiger partial charge is 0.466 e. The van der Waals surface area contributed by atoms with E-state index < -0.39 is 0 Å². The number of anilines is 1. The molecule has 0 unspecified atom stereocenters. The van der Waals surface area contributed by atoms with E-state index in [1.807, 2.05) is 18.2 Å². The van der Waals surface area contributed by atoms with E-state index in [0.717, 1.165) is 5.69 Å². The number of carbonyl (C=O) groups excluding carboxylic acids is 2. The van der Waals surface area contributed by atoms with E-state index in [9.17, 15) is 9.59 Å². The number of amides is 1. The van der Waals surface area contributed by atoms with Crippen LogP contribution in [-0.2, 0) is 14.3 Å². The average Bonchev–Trinajstić information content (AvgIpc) is 2.30. The van der Waals surface area contributed by atoms with Gasteiger partial charge in [0.2, 0.25) is 5.91 Å². The van der Waals surface area contributed by atoms with Crippen molar-refractivity contribution in [1.82, 2.24) is 0 Å². The summed E-state index contributed by atoms with van der Waals surface area (Å²) in [4.78, 5) is 22.4. The monoisotopic (exact) mass is 233 g/mol. The Balaban J connectivity index is 2.35. The van der Waals surface area contributed by atoms with Gasteiger partial charge >= 0.3 is 5.97 Å². The molecule has 0 radical (unpaired) electrons. The molecule has 1 amide bonds. The Labute approximate surface area is 100 Å². The Morgan fingerprint density at radius 2 is 2.00 bits per heavy atom. The predicted molar refractivity (Wildman–Crippen MR) is 65.5 cm³/mol. The highest BCUT2D eigenvalue weighted by atomic mass is 16.5. The Hall–Kier alpha value is -2.10. The molecule has 90 valence electrons. The molecule has 17 heavy (non-hydrogen) atoms. The topological polar surface area (TPSA) is 55.4 Å². The highest BCUT2D eigenvalue weighted by Gasteiger charge is 1.99. The molecular formula is C13H15NO3. The molecule has 0 aliphatic carbocycles. The molecule has 1 rings (SSSR count). The Morgan fingerprint density at radius 3 is 2.65 bits per heavy atom. The maximum Gasteiger partial charge on any atom is 0.309 e. The number of hydrogen-bond acceptors (Lipinski definition) is 3. The Morgan fingerprint density at radius 1 is 1.29 bits per heavy atom. The number of carbonyl (C=O) groups is 2. The van der Waals surface area contributed by atoms with Crippen LogP contribution in [0.5, 0.6) is 0 Å². The summed E-state index contributed by atoms with van der Waals surface area (Å²) in [5, 5.41) is 2.67. The maximum atomic E-state index is 11.4. The van der Waals surface area contributed by atoms with Crippen molar-refractivity contribution < 1.29 is 14.3 Å². The summed E-state index contributed by atoms with van der Waals surface area (Å²) in [6.45, 7) is 2.09. The van der Waals surface area contributed by atoms with Crippen molar-refractivity contribution in [3.05, 3.63) is 42.5 Å². The zero-order valence-corrected chi connectivity index (χ0v) is 9.68. The van der Waals surface area contributed by atoms with Crippen molar-refractivity contribution in [2.45, 2.75) is 13.3 Å². The van der Waals surface area contributed by atoms with E-state index >= 15 is 0 Å². The van der Waals surface area contributed by atoms with Gasteiger partial charge < -0.3 is 10.1 Å². The van der Waals surface area contributed by atoms with Crippen LogP contribution in [0.15, 0.2) is 42.5 Å². The van der Waals surface area contributed by atoms with Gasteiger partial charge in [-0.3, -0.25) is 9.59 Å². The van der Waals surface area contributed by atoms with E-state index in [1.165, 1.54) is 12.2 Å². The van der Waals surface area contributed by atoms with Crippen molar-refractivity contribution in [3.63, 3.8) is 0 Å². The van der Waals surface area contributed by atoms with Crippen molar-refractivity contribution in [2.75, 3.05) is 11.9 Å². The minimum atomic E-state index is -0.337. The van der Waals surface area contributed by atoms with Gasteiger partial charge in [-0.1, -0.05) is 24.3 Å². The van der Waals surface area contributed by atoms with Crippen LogP contribution in [0.3, 0.4) is 0 Å². The highest BCUT2D eigenvalue weighted by molar-refractivity contribution is 5.99. The number of rotatable bonds is 5. The quantitative estimate of drug-likeness (QED) is 0.626. The first kappa shape index (κ1) is 13.0. The van der Waals surface area contributed by atoms with E-state index in [0.29, 0.717) is 6.61 Å². The van der Waals surface area contributed by atoms with Crippen LogP contribution in [0.25, 0.3) is 0 Å². The molecule has 4 nitrogen and oxygen atoms in total. The molecule has 0 aromatic heterocycles. The summed E-state index contributed by atoms with van der Waals surface area (Å²) in [5.41, 5.74) is 0.721. The average molecular weight is 233 g/mol. The van der Waals surface area contributed by atoms with Crippen LogP contribution in [-0.4, -0.2) is 18.5 Å². The molecular weight excluding hydrogens is 218 g/mol. The van der Waals surface area contributed by atoms with Crippen molar-refractivity contribution >= 4 is 17.6 Å². The molecule has 0 spiro atoms. The lowest BCUT2D eigenvalue weighted by atomic mass is 10.3. The predicted octanol–water partition coefficient (Wildman–Crippen LogP) is 2.13. The van der Waals surface area contributed by atoms with Gasteiger partial charge in [0.1, 0.15) is 0 Å². The number of nitrogens with one attached hydrogen (secondary N) is 1. The molecule has 0 fully saturated rings. The first-order chi connectivity index (χ1) is 8.22. The molecule has 0 bridgehead atoms. The van der Waals surface area contributed by atoms with Crippen molar-refractivity contribution in [2.24, 2.45) is 0 Å². The zero-order valence-electron chi connectivity index (χ0n) is 9.68. The third-order valence-corrected chi connectivity index (χ3v) is 1.90. The minimum absolute atomic E-state index is 0.107. The molecule has 1 N–H and O–H groups in total. The smallest absolute Gasteiger partial charge is 0.309 e. The van der Waals surface area contributed by atoms with Crippen LogP contribution in [0, 0.1) is 0 Å². The number of hydrogen-bond donors (Lipinski definition) is 1. The minimum Gasteiger partial charge on any atom is -0.466 e. The first-order valence-corrected chi connectivity index (χ1v) is 5.40. The summed E-state index contributed by atoms with van der Waals surface area (Å²) in [6, 6.07) is 9.11. The summed E-state index contributed by atoms with van der Waals surface area (Å²) < 4.78 is 4.72. The van der Waals surface area contributed by atoms with E-state index in [-0.39, 0.29) is 18.3 Å². The second-order valence-electron chi connectivity index (χ2n) is 3.27. The van der Waals surface area contributed by atoms with E-state index in [1.54, 1.807) is 19.1 Å². The first-order valence-electron chi connectivity index (χ1n) is 5.40. The van der Waals surface area contributed by atoms with Gasteiger partial charge in [-0.15, -0.1) is 0 Å². The van der Waals surface area contributed by atoms with Gasteiger partial charge in [0.15, 0.2) is 0 Å². The van der Waals surface area contributed by atoms with Crippen LogP contribution in [0.4, 0.5) is 5.69 Å². The second kappa shape index (κ2) is 7.22. The van der Waals surface area contributed by atoms with Gasteiger partial charge in [0, 0.05) is 5.69 Å². The third kappa shape index (κ3) is 5.51. The molecule has 0 saturated carbocycles. The van der Waals surface area contributed by atoms with Crippen LogP contribution in [0.1, 0.15) is 13.3 Å². The summed E-state index contributed by atoms with van der Waals surface area (Å²) in [5.74, 6) is -0.600. The molecule has 1 aromatic rings. The standard InChI is InChI=1S/C13H15NO3/c1-2-17-13(16)10-6-9-12(15)14-11-7-4-3-5-8-11/h3-9H,2,10H2,1H3,(H,14,15)/b9-6+. The van der Waals surface area contributed by atoms with Gasteiger partial charge in [0.05, 0.1) is 13.0 Å². The maximum absolute atomic E-state index is 11.4. The number of esters is 1. The number of benzene rings is 1. The number of para-hydroxylation sites is 1. The highest BCUT2D eigenvalue weighted by Crippen LogP contribution is 2.04. The fourth-order valence-electron chi connectivity index (χ4n) is 1.19. The number of ether oxygens (including phenoxy) is 1. The normalized spacial score (nSPS) is 10.2. The van der Waals surface area contributed by atoms with E-state index in [2.05, 4.69) is 5.32 Å². The lowest BCUT2D eigenvalue weighted by Gasteiger charge is -2.00. The fourth-order valence-corrected chi connectivity index (χ4v) is 1.19. The second-order valence-corrected chi connectivity index (χ2v) is 3.27. The summed E-state index contributed by atoms with van der Waals surface area (Å²) >= 11 is 0. The van der Waals surface area contributed by atoms with Crippen LogP contribution >= 0.6 is 0 Å². The lowest BCUT2D eigenvalue weighted by Crippen LogP contribution is -2.08. The molecule has 4 heteroatoms. The van der Waals surface area contributed by atoms with Gasteiger partial charge in [0.25, 0.3) is 0 Å². The van der Waals surface area contributed by atoms with Crippen molar-refractivity contribution in [1.29, 1.82) is 0 Å². The molecule has 0 aliphatic heterocycles. The van der Waals surface area contributed by atoms with Crippen LogP contribution in [0.2, 0.25) is 0 Å². The summed E-state index contributed by atoms with van der Waals surface area (Å²) in [6.07, 6.45) is 2.91. The lowest BCUT2D eigenvalue weighted by molar-refractivity contribution is -0.142. The molecule has 0 saturated heterocycles. The molecule has 0 atom stereocenters. The van der Waals surface area contributed by atoms with Gasteiger partial charge in [-0.05, 0) is 25.1 Å². The van der Waals surface area contributed by atoms with Gasteiger partial charge in [-0.25, -0.2) is 0 Å².